The molecule has 0 unspecified atom stereocenters. The molecule has 0 amide bonds. The summed E-state index contributed by atoms with van der Waals surface area (Å²) in [7, 11) is 0. The lowest BCUT2D eigenvalue weighted by atomic mass is 9.89. The Morgan fingerprint density at radius 1 is 0.714 bits per heavy atom. The van der Waals surface area contributed by atoms with Crippen LogP contribution in [0.1, 0.15) is 30.4 Å². The van der Waals surface area contributed by atoms with Gasteiger partial charge in [-0.15, -0.1) is 6.58 Å². The minimum atomic E-state index is 0.951. The average Bonchev–Trinajstić information content (AvgIpc) is 3.54. The van der Waals surface area contributed by atoms with E-state index >= 15 is 0 Å². The normalized spacial score (nSPS) is 13.7. The highest BCUT2D eigenvalue weighted by molar-refractivity contribution is 6.24. The molecule has 2 nitrogen and oxygen atoms in total. The molecule has 0 saturated carbocycles. The zero-order chi connectivity index (χ0) is 28.6. The Bertz CT molecular complexity index is 2140. The van der Waals surface area contributed by atoms with Crippen LogP contribution in [0.25, 0.3) is 61.6 Å². The van der Waals surface area contributed by atoms with E-state index in [1.54, 1.807) is 0 Å². The van der Waals surface area contributed by atoms with Gasteiger partial charge in [-0.3, -0.25) is 0 Å². The average molecular weight is 543 g/mol. The molecule has 4 aromatic carbocycles. The molecular formula is C40H34N2. The maximum atomic E-state index is 4.55. The molecule has 1 aliphatic carbocycles. The summed E-state index contributed by atoms with van der Waals surface area (Å²) in [5.74, 6) is 0. The second-order valence-electron chi connectivity index (χ2n) is 11.0. The fourth-order valence-electron chi connectivity index (χ4n) is 6.52. The van der Waals surface area contributed by atoms with Gasteiger partial charge in [-0.2, -0.15) is 0 Å². The topological polar surface area (TPSA) is 9.86 Å². The number of rotatable bonds is 8. The van der Waals surface area contributed by atoms with Crippen LogP contribution in [0.2, 0.25) is 0 Å². The summed E-state index contributed by atoms with van der Waals surface area (Å²) < 4.78 is 4.75. The highest BCUT2D eigenvalue weighted by Crippen LogP contribution is 2.41. The lowest BCUT2D eigenvalue weighted by Crippen LogP contribution is -2.02. The zero-order valence-corrected chi connectivity index (χ0v) is 23.9. The van der Waals surface area contributed by atoms with E-state index in [1.165, 1.54) is 54.8 Å². The fourth-order valence-corrected chi connectivity index (χ4v) is 6.52. The fraction of sp³-hybridized carbons (Fsp3) is 0.100. The lowest BCUT2D eigenvalue weighted by molar-refractivity contribution is 0.941. The summed E-state index contributed by atoms with van der Waals surface area (Å²) >= 11 is 0. The van der Waals surface area contributed by atoms with Gasteiger partial charge in [0.1, 0.15) is 0 Å². The summed E-state index contributed by atoms with van der Waals surface area (Å²) in [5.41, 5.74) is 10.8. The molecule has 0 saturated heterocycles. The van der Waals surface area contributed by atoms with Gasteiger partial charge in [-0.05, 0) is 72.2 Å². The van der Waals surface area contributed by atoms with Crippen LogP contribution < -0.4 is 0 Å². The zero-order valence-electron chi connectivity index (χ0n) is 23.9. The van der Waals surface area contributed by atoms with Crippen molar-refractivity contribution in [2.75, 3.05) is 0 Å². The van der Waals surface area contributed by atoms with E-state index in [-0.39, 0.29) is 0 Å². The summed E-state index contributed by atoms with van der Waals surface area (Å²) in [5, 5.41) is 4.94. The number of allylic oxidation sites excluding steroid dienone is 7. The van der Waals surface area contributed by atoms with E-state index in [0.717, 1.165) is 42.5 Å². The van der Waals surface area contributed by atoms with Gasteiger partial charge in [-0.1, -0.05) is 104 Å². The van der Waals surface area contributed by atoms with Gasteiger partial charge in [0, 0.05) is 33.4 Å². The van der Waals surface area contributed by atoms with Crippen molar-refractivity contribution in [3.05, 3.63) is 151 Å². The largest absolute Gasteiger partial charge is 0.314 e. The van der Waals surface area contributed by atoms with Gasteiger partial charge < -0.3 is 9.13 Å². The molecule has 0 aliphatic heterocycles. The van der Waals surface area contributed by atoms with E-state index in [4.69, 9.17) is 0 Å². The SMILES string of the molecule is C=CCC/C=C/n1c2ccccc2c2ccc3c4ccccc4n(/C(C=C)=C/C(=C)C4=Cc5ccccc5CC4)c3c21. The van der Waals surface area contributed by atoms with Crippen molar-refractivity contribution < 1.29 is 0 Å². The molecule has 6 aromatic rings. The van der Waals surface area contributed by atoms with E-state index in [1.807, 2.05) is 12.2 Å². The van der Waals surface area contributed by atoms with Crippen molar-refractivity contribution in [1.29, 1.82) is 0 Å². The Kier molecular flexibility index (Phi) is 6.60. The molecule has 2 heteroatoms. The van der Waals surface area contributed by atoms with E-state index in [2.05, 4.69) is 138 Å². The molecule has 0 spiro atoms. The van der Waals surface area contributed by atoms with Gasteiger partial charge in [0.05, 0.1) is 22.1 Å². The Hall–Kier alpha value is -5.08. The molecular weight excluding hydrogens is 508 g/mol. The molecule has 2 heterocycles. The first-order valence-electron chi connectivity index (χ1n) is 14.7. The monoisotopic (exact) mass is 542 g/mol. The standard InChI is InChI=1S/C40H34N2/c1-4-6-7-14-25-41-37-19-12-10-17-33(37)35-23-24-36-34-18-11-13-20-38(34)42(40(36)39(35)41)32(5-2)26-28(3)30-22-21-29-15-8-9-16-31(29)27-30/h4-5,8-20,23-27H,1-3,6-7,21-22H2/b25-14+,32-26+. The van der Waals surface area contributed by atoms with E-state index < -0.39 is 0 Å². The van der Waals surface area contributed by atoms with Crippen LogP contribution in [0.3, 0.4) is 0 Å². The summed E-state index contributed by atoms with van der Waals surface area (Å²) in [4.78, 5) is 0. The summed E-state index contributed by atoms with van der Waals surface area (Å²) in [6, 6.07) is 30.6. The molecule has 0 bridgehead atoms. The van der Waals surface area contributed by atoms with Gasteiger partial charge in [0.2, 0.25) is 0 Å². The first-order valence-corrected chi connectivity index (χ1v) is 14.7. The third-order valence-corrected chi connectivity index (χ3v) is 8.55. The Morgan fingerprint density at radius 3 is 2.19 bits per heavy atom. The number of fused-ring (bicyclic) bond motifs is 8. The molecule has 0 fully saturated rings. The maximum Gasteiger partial charge on any atom is 0.0788 e. The number of nitrogens with zero attached hydrogens (tertiary/aromatic N) is 2. The number of unbranched alkanes of at least 4 members (excludes halogenated alkanes) is 1. The highest BCUT2D eigenvalue weighted by Gasteiger charge is 2.20. The van der Waals surface area contributed by atoms with Crippen molar-refractivity contribution in [2.45, 2.75) is 25.7 Å². The van der Waals surface area contributed by atoms with Crippen molar-refractivity contribution in [3.8, 4) is 0 Å². The van der Waals surface area contributed by atoms with Crippen LogP contribution in [0.15, 0.2) is 140 Å². The number of aryl methyl sites for hydroxylation is 1. The molecule has 0 N–H and O–H groups in total. The Labute approximate surface area is 247 Å². The van der Waals surface area contributed by atoms with Crippen LogP contribution in [0, 0.1) is 0 Å². The second-order valence-corrected chi connectivity index (χ2v) is 11.0. The number of hydrogen-bond donors (Lipinski definition) is 0. The van der Waals surface area contributed by atoms with Crippen LogP contribution in [-0.2, 0) is 6.42 Å². The van der Waals surface area contributed by atoms with Crippen molar-refractivity contribution >= 4 is 61.6 Å². The molecule has 0 radical (unpaired) electrons. The van der Waals surface area contributed by atoms with E-state index in [0.29, 0.717) is 0 Å². The van der Waals surface area contributed by atoms with Gasteiger partial charge in [0.25, 0.3) is 0 Å². The van der Waals surface area contributed by atoms with Crippen LogP contribution in [-0.4, -0.2) is 9.13 Å². The van der Waals surface area contributed by atoms with Gasteiger partial charge in [-0.25, -0.2) is 0 Å². The van der Waals surface area contributed by atoms with Crippen molar-refractivity contribution in [3.63, 3.8) is 0 Å². The first-order chi connectivity index (χ1) is 20.7. The molecule has 0 atom stereocenters. The van der Waals surface area contributed by atoms with Gasteiger partial charge >= 0.3 is 0 Å². The minimum Gasteiger partial charge on any atom is -0.314 e. The van der Waals surface area contributed by atoms with Crippen LogP contribution in [0.4, 0.5) is 0 Å². The predicted octanol–water partition coefficient (Wildman–Crippen LogP) is 11.0. The number of benzene rings is 4. The van der Waals surface area contributed by atoms with Gasteiger partial charge in [0.15, 0.2) is 0 Å². The summed E-state index contributed by atoms with van der Waals surface area (Å²) in [6.07, 6.45) is 16.9. The number of hydrogen-bond acceptors (Lipinski definition) is 0. The maximum absolute atomic E-state index is 4.55. The van der Waals surface area contributed by atoms with Crippen molar-refractivity contribution in [1.82, 2.24) is 9.13 Å². The minimum absolute atomic E-state index is 0.951. The number of para-hydroxylation sites is 2. The molecule has 1 aliphatic rings. The smallest absolute Gasteiger partial charge is 0.0788 e. The summed E-state index contributed by atoms with van der Waals surface area (Å²) in [6.45, 7) is 12.8. The third-order valence-electron chi connectivity index (χ3n) is 8.55. The molecule has 42 heavy (non-hydrogen) atoms. The third kappa shape index (κ3) is 4.19. The van der Waals surface area contributed by atoms with Crippen LogP contribution in [0.5, 0.6) is 0 Å². The first kappa shape index (κ1) is 25.9. The highest BCUT2D eigenvalue weighted by atomic mass is 15.0. The molecule has 7 rings (SSSR count). The lowest BCUT2D eigenvalue weighted by Gasteiger charge is -2.18. The molecule has 204 valence electrons. The Morgan fingerprint density at radius 2 is 1.40 bits per heavy atom. The molecule has 2 aromatic heterocycles. The van der Waals surface area contributed by atoms with Crippen LogP contribution >= 0.6 is 0 Å². The quantitative estimate of drug-likeness (QED) is 0.103. The Balaban J connectivity index is 1.51. The second kappa shape index (κ2) is 10.7. The predicted molar refractivity (Wildman–Crippen MR) is 184 cm³/mol. The number of aromatic nitrogens is 2. The van der Waals surface area contributed by atoms with Crippen molar-refractivity contribution in [2.24, 2.45) is 0 Å². The van der Waals surface area contributed by atoms with E-state index in [9.17, 15) is 0 Å².